The highest BCUT2D eigenvalue weighted by Crippen LogP contribution is 2.35. The molecule has 1 heterocycles. The van der Waals surface area contributed by atoms with E-state index in [-0.39, 0.29) is 5.91 Å². The van der Waals surface area contributed by atoms with Gasteiger partial charge < -0.3 is 14.5 Å². The van der Waals surface area contributed by atoms with Crippen molar-refractivity contribution in [2.24, 2.45) is 0 Å². The number of ether oxygens (including phenoxy) is 1. The first kappa shape index (κ1) is 16.4. The average molecular weight is 324 g/mol. The predicted molar refractivity (Wildman–Crippen MR) is 96.5 cm³/mol. The van der Waals surface area contributed by atoms with Gasteiger partial charge in [-0.3, -0.25) is 4.79 Å². The molecule has 1 atom stereocenters. The number of methoxy groups -OCH3 is 1. The molecule has 0 aliphatic carbocycles. The Hall–Kier alpha value is -2.49. The van der Waals surface area contributed by atoms with Crippen LogP contribution in [0.2, 0.25) is 0 Å². The summed E-state index contributed by atoms with van der Waals surface area (Å²) in [6.45, 7) is 4.15. The van der Waals surface area contributed by atoms with E-state index in [1.807, 2.05) is 37.4 Å². The van der Waals surface area contributed by atoms with Gasteiger partial charge in [0.1, 0.15) is 5.75 Å². The maximum atomic E-state index is 12.6. The van der Waals surface area contributed by atoms with E-state index in [9.17, 15) is 4.79 Å². The van der Waals surface area contributed by atoms with Crippen LogP contribution in [0.25, 0.3) is 0 Å². The second kappa shape index (κ2) is 6.95. The molecule has 1 amide bonds. The molecule has 0 saturated heterocycles. The Morgan fingerprint density at radius 1 is 1.21 bits per heavy atom. The van der Waals surface area contributed by atoms with Crippen LogP contribution in [0.5, 0.6) is 5.75 Å². The van der Waals surface area contributed by atoms with E-state index in [0.717, 1.165) is 17.9 Å². The third-order valence-corrected chi connectivity index (χ3v) is 4.63. The van der Waals surface area contributed by atoms with Crippen LogP contribution in [0.4, 0.5) is 5.69 Å². The second-order valence-corrected chi connectivity index (χ2v) is 6.44. The molecule has 2 aromatic rings. The molecule has 2 aromatic carbocycles. The van der Waals surface area contributed by atoms with Crippen molar-refractivity contribution in [1.82, 2.24) is 4.90 Å². The van der Waals surface area contributed by atoms with Crippen molar-refractivity contribution in [3.8, 4) is 5.75 Å². The second-order valence-electron chi connectivity index (χ2n) is 6.44. The molecule has 0 fully saturated rings. The van der Waals surface area contributed by atoms with Crippen LogP contribution in [0.3, 0.4) is 0 Å². The standard InChI is InChI=1S/C20H24N2O2/c1-15-12-22(19-7-5-4-6-18(15)19)14-20(23)21(2)13-16-8-10-17(24-3)11-9-16/h4-11,15H,12-14H2,1-3H3. The van der Waals surface area contributed by atoms with E-state index in [0.29, 0.717) is 19.0 Å². The van der Waals surface area contributed by atoms with Gasteiger partial charge in [-0.2, -0.15) is 0 Å². The Morgan fingerprint density at radius 3 is 2.62 bits per heavy atom. The summed E-state index contributed by atoms with van der Waals surface area (Å²) in [7, 11) is 3.51. The summed E-state index contributed by atoms with van der Waals surface area (Å²) >= 11 is 0. The molecular weight excluding hydrogens is 300 g/mol. The van der Waals surface area contributed by atoms with Gasteiger partial charge in [-0.15, -0.1) is 0 Å². The molecule has 0 N–H and O–H groups in total. The third-order valence-electron chi connectivity index (χ3n) is 4.63. The molecule has 24 heavy (non-hydrogen) atoms. The number of hydrogen-bond donors (Lipinski definition) is 0. The molecule has 0 saturated carbocycles. The number of carbonyl (C=O) groups excluding carboxylic acids is 1. The minimum absolute atomic E-state index is 0.134. The number of nitrogens with zero attached hydrogens (tertiary/aromatic N) is 2. The highest BCUT2D eigenvalue weighted by atomic mass is 16.5. The zero-order valence-electron chi connectivity index (χ0n) is 14.5. The Bertz CT molecular complexity index is 712. The zero-order chi connectivity index (χ0) is 17.1. The van der Waals surface area contributed by atoms with Crippen LogP contribution in [-0.4, -0.2) is 38.1 Å². The van der Waals surface area contributed by atoms with Crippen LogP contribution < -0.4 is 9.64 Å². The number of fused-ring (bicyclic) bond motifs is 1. The summed E-state index contributed by atoms with van der Waals surface area (Å²) in [6, 6.07) is 16.2. The Balaban J connectivity index is 1.62. The Labute approximate surface area is 143 Å². The molecule has 1 aliphatic heterocycles. The molecule has 3 rings (SSSR count). The largest absolute Gasteiger partial charge is 0.497 e. The molecule has 0 spiro atoms. The van der Waals surface area contributed by atoms with E-state index < -0.39 is 0 Å². The molecule has 4 heteroatoms. The number of para-hydroxylation sites is 1. The number of carbonyl (C=O) groups is 1. The number of amides is 1. The van der Waals surface area contributed by atoms with Gasteiger partial charge in [0.05, 0.1) is 13.7 Å². The third kappa shape index (κ3) is 3.37. The van der Waals surface area contributed by atoms with Crippen molar-refractivity contribution in [1.29, 1.82) is 0 Å². The molecule has 0 radical (unpaired) electrons. The number of hydrogen-bond acceptors (Lipinski definition) is 3. The molecule has 1 unspecified atom stereocenters. The smallest absolute Gasteiger partial charge is 0.242 e. The van der Waals surface area contributed by atoms with Crippen LogP contribution in [-0.2, 0) is 11.3 Å². The fourth-order valence-corrected chi connectivity index (χ4v) is 3.25. The number of rotatable bonds is 5. The van der Waals surface area contributed by atoms with Crippen molar-refractivity contribution in [3.63, 3.8) is 0 Å². The monoisotopic (exact) mass is 324 g/mol. The fourth-order valence-electron chi connectivity index (χ4n) is 3.25. The van der Waals surface area contributed by atoms with Crippen molar-refractivity contribution in [2.45, 2.75) is 19.4 Å². The normalized spacial score (nSPS) is 16.0. The number of anilines is 1. The highest BCUT2D eigenvalue weighted by molar-refractivity contribution is 5.82. The lowest BCUT2D eigenvalue weighted by molar-refractivity contribution is -0.128. The van der Waals surface area contributed by atoms with Gasteiger partial charge in [0, 0.05) is 31.7 Å². The number of likely N-dealkylation sites (N-methyl/N-ethyl adjacent to an activating group) is 1. The van der Waals surface area contributed by atoms with Gasteiger partial charge in [0.2, 0.25) is 5.91 Å². The first-order chi connectivity index (χ1) is 11.6. The van der Waals surface area contributed by atoms with Crippen molar-refractivity contribution < 1.29 is 9.53 Å². The number of benzene rings is 2. The van der Waals surface area contributed by atoms with Crippen molar-refractivity contribution in [2.75, 3.05) is 32.1 Å². The summed E-state index contributed by atoms with van der Waals surface area (Å²) in [5.41, 5.74) is 3.63. The summed E-state index contributed by atoms with van der Waals surface area (Å²) in [6.07, 6.45) is 0. The van der Waals surface area contributed by atoms with Crippen LogP contribution in [0.15, 0.2) is 48.5 Å². The quantitative estimate of drug-likeness (QED) is 0.846. The molecule has 126 valence electrons. The van der Waals surface area contributed by atoms with Crippen LogP contribution >= 0.6 is 0 Å². The van der Waals surface area contributed by atoms with Gasteiger partial charge in [-0.25, -0.2) is 0 Å². The van der Waals surface area contributed by atoms with Gasteiger partial charge in [-0.05, 0) is 29.3 Å². The molecule has 0 bridgehead atoms. The molecule has 1 aliphatic rings. The maximum absolute atomic E-state index is 12.6. The Morgan fingerprint density at radius 2 is 1.92 bits per heavy atom. The average Bonchev–Trinajstić information content (AvgIpc) is 2.92. The van der Waals surface area contributed by atoms with E-state index in [1.54, 1.807) is 12.0 Å². The molecule has 0 aromatic heterocycles. The van der Waals surface area contributed by atoms with Crippen molar-refractivity contribution >= 4 is 11.6 Å². The van der Waals surface area contributed by atoms with Crippen molar-refractivity contribution in [3.05, 3.63) is 59.7 Å². The van der Waals surface area contributed by atoms with E-state index in [4.69, 9.17) is 4.74 Å². The summed E-state index contributed by atoms with van der Waals surface area (Å²) < 4.78 is 5.17. The lowest BCUT2D eigenvalue weighted by Crippen LogP contribution is -2.37. The minimum atomic E-state index is 0.134. The van der Waals surface area contributed by atoms with Crippen LogP contribution in [0.1, 0.15) is 24.0 Å². The van der Waals surface area contributed by atoms with E-state index >= 15 is 0 Å². The maximum Gasteiger partial charge on any atom is 0.242 e. The van der Waals surface area contributed by atoms with E-state index in [1.165, 1.54) is 11.3 Å². The zero-order valence-corrected chi connectivity index (χ0v) is 14.5. The summed E-state index contributed by atoms with van der Waals surface area (Å²) in [5.74, 6) is 1.44. The fraction of sp³-hybridized carbons (Fsp3) is 0.350. The molecule has 4 nitrogen and oxygen atoms in total. The minimum Gasteiger partial charge on any atom is -0.497 e. The van der Waals surface area contributed by atoms with Gasteiger partial charge >= 0.3 is 0 Å². The summed E-state index contributed by atoms with van der Waals surface area (Å²) in [5, 5.41) is 0. The van der Waals surface area contributed by atoms with Gasteiger partial charge in [0.15, 0.2) is 0 Å². The molecular formula is C20H24N2O2. The van der Waals surface area contributed by atoms with E-state index in [2.05, 4.69) is 30.0 Å². The first-order valence-electron chi connectivity index (χ1n) is 8.29. The van der Waals surface area contributed by atoms with Gasteiger partial charge in [0.25, 0.3) is 0 Å². The first-order valence-corrected chi connectivity index (χ1v) is 8.29. The summed E-state index contributed by atoms with van der Waals surface area (Å²) in [4.78, 5) is 16.6. The topological polar surface area (TPSA) is 32.8 Å². The lowest BCUT2D eigenvalue weighted by Gasteiger charge is -2.24. The SMILES string of the molecule is COc1ccc(CN(C)C(=O)CN2CC(C)c3ccccc32)cc1. The van der Waals surface area contributed by atoms with Gasteiger partial charge in [-0.1, -0.05) is 37.3 Å². The Kier molecular flexibility index (Phi) is 4.74. The highest BCUT2D eigenvalue weighted by Gasteiger charge is 2.27. The van der Waals surface area contributed by atoms with Crippen LogP contribution in [0, 0.1) is 0 Å². The lowest BCUT2D eigenvalue weighted by atomic mass is 10.0. The predicted octanol–water partition coefficient (Wildman–Crippen LogP) is 3.28.